The Morgan fingerprint density at radius 2 is 2.20 bits per heavy atom. The van der Waals surface area contributed by atoms with Crippen LogP contribution in [0.3, 0.4) is 0 Å². The second-order valence-corrected chi connectivity index (χ2v) is 3.31. The van der Waals surface area contributed by atoms with Crippen LogP contribution in [0.1, 0.15) is 6.92 Å². The molecular formula is C8H14N4O3. The van der Waals surface area contributed by atoms with E-state index in [0.717, 1.165) is 4.57 Å². The van der Waals surface area contributed by atoms with Crippen molar-refractivity contribution < 1.29 is 5.11 Å². The third-order valence-corrected chi connectivity index (χ3v) is 1.94. The molecule has 1 aromatic heterocycles. The van der Waals surface area contributed by atoms with Crippen LogP contribution in [0.25, 0.3) is 0 Å². The summed E-state index contributed by atoms with van der Waals surface area (Å²) in [5.41, 5.74) is 4.51. The number of H-pyrrole nitrogens is 1. The average molecular weight is 214 g/mol. The molecule has 7 nitrogen and oxygen atoms in total. The molecule has 0 amide bonds. The van der Waals surface area contributed by atoms with E-state index in [1.165, 1.54) is 7.05 Å². The lowest BCUT2D eigenvalue weighted by molar-refractivity contribution is 0.208. The molecule has 0 bridgehead atoms. The molecule has 7 heteroatoms. The molecule has 0 aromatic carbocycles. The summed E-state index contributed by atoms with van der Waals surface area (Å²) in [6.45, 7) is 1.75. The van der Waals surface area contributed by atoms with Gasteiger partial charge in [-0.1, -0.05) is 0 Å². The molecule has 5 N–H and O–H groups in total. The van der Waals surface area contributed by atoms with Crippen LogP contribution in [0, 0.1) is 0 Å². The van der Waals surface area contributed by atoms with Crippen molar-refractivity contribution in [1.29, 1.82) is 0 Å². The lowest BCUT2D eigenvalue weighted by Crippen LogP contribution is -2.33. The Morgan fingerprint density at radius 3 is 2.73 bits per heavy atom. The molecule has 1 heterocycles. The molecular weight excluding hydrogens is 200 g/mol. The Bertz CT molecular complexity index is 460. The number of nitrogen functional groups attached to an aromatic ring is 1. The van der Waals surface area contributed by atoms with Gasteiger partial charge in [0.1, 0.15) is 11.5 Å². The van der Waals surface area contributed by atoms with E-state index in [0.29, 0.717) is 0 Å². The topological polar surface area (TPSA) is 113 Å². The summed E-state index contributed by atoms with van der Waals surface area (Å²) < 4.78 is 1.12. The smallest absolute Gasteiger partial charge is 0.329 e. The number of nitrogens with two attached hydrogens (primary N) is 1. The molecule has 15 heavy (non-hydrogen) atoms. The van der Waals surface area contributed by atoms with Crippen LogP contribution in [0.5, 0.6) is 0 Å². The number of aliphatic hydroxyl groups excluding tert-OH is 1. The standard InChI is InChI=1S/C8H14N4O3/c1-4(13)3-10-5-6(9)12(2)8(15)11-7(5)14/h4,10,13H,3,9H2,1-2H3,(H,11,14,15). The summed E-state index contributed by atoms with van der Waals surface area (Å²) in [7, 11) is 1.45. The van der Waals surface area contributed by atoms with Crippen LogP contribution >= 0.6 is 0 Å². The fourth-order valence-electron chi connectivity index (χ4n) is 1.06. The predicted octanol–water partition coefficient (Wildman–Crippen LogP) is -1.55. The maximum absolute atomic E-state index is 11.3. The summed E-state index contributed by atoms with van der Waals surface area (Å²) in [6, 6.07) is 0. The van der Waals surface area contributed by atoms with E-state index in [9.17, 15) is 9.59 Å². The normalized spacial score (nSPS) is 12.5. The van der Waals surface area contributed by atoms with E-state index in [-0.39, 0.29) is 18.1 Å². The Morgan fingerprint density at radius 1 is 1.60 bits per heavy atom. The number of anilines is 2. The zero-order valence-corrected chi connectivity index (χ0v) is 8.57. The molecule has 0 aliphatic carbocycles. The molecule has 1 atom stereocenters. The van der Waals surface area contributed by atoms with E-state index in [4.69, 9.17) is 10.8 Å². The maximum atomic E-state index is 11.3. The lowest BCUT2D eigenvalue weighted by Gasteiger charge is -2.11. The summed E-state index contributed by atoms with van der Waals surface area (Å²) >= 11 is 0. The molecule has 1 unspecified atom stereocenters. The number of aromatic nitrogens is 2. The van der Waals surface area contributed by atoms with Gasteiger partial charge in [0.15, 0.2) is 0 Å². The summed E-state index contributed by atoms with van der Waals surface area (Å²) in [5.74, 6) is 0.0457. The second kappa shape index (κ2) is 4.18. The van der Waals surface area contributed by atoms with Gasteiger partial charge in [-0.3, -0.25) is 14.3 Å². The number of nitrogens with zero attached hydrogens (tertiary/aromatic N) is 1. The van der Waals surface area contributed by atoms with Crippen LogP contribution < -0.4 is 22.3 Å². The van der Waals surface area contributed by atoms with Gasteiger partial charge in [-0.25, -0.2) is 4.79 Å². The number of hydrogen-bond acceptors (Lipinski definition) is 5. The van der Waals surface area contributed by atoms with E-state index in [1.807, 2.05) is 0 Å². The van der Waals surface area contributed by atoms with Crippen molar-refractivity contribution in [2.24, 2.45) is 7.05 Å². The molecule has 0 aliphatic rings. The highest BCUT2D eigenvalue weighted by atomic mass is 16.3. The first-order valence-corrected chi connectivity index (χ1v) is 4.44. The van der Waals surface area contributed by atoms with Crippen molar-refractivity contribution in [3.05, 3.63) is 20.8 Å². The molecule has 0 radical (unpaired) electrons. The fourth-order valence-corrected chi connectivity index (χ4v) is 1.06. The number of aliphatic hydroxyl groups is 1. The minimum Gasteiger partial charge on any atom is -0.392 e. The first kappa shape index (κ1) is 11.3. The summed E-state index contributed by atoms with van der Waals surface area (Å²) in [5, 5.41) is 11.7. The van der Waals surface area contributed by atoms with Gasteiger partial charge in [0.25, 0.3) is 5.56 Å². The van der Waals surface area contributed by atoms with Crippen molar-refractivity contribution in [3.63, 3.8) is 0 Å². The zero-order chi connectivity index (χ0) is 11.6. The van der Waals surface area contributed by atoms with E-state index in [2.05, 4.69) is 10.3 Å². The minimum absolute atomic E-state index is 0.0457. The van der Waals surface area contributed by atoms with Gasteiger partial charge in [-0.2, -0.15) is 0 Å². The lowest BCUT2D eigenvalue weighted by atomic mass is 10.3. The SMILES string of the molecule is CC(O)CNc1c(N)n(C)c(=O)[nH]c1=O. The number of rotatable bonds is 3. The molecule has 0 fully saturated rings. The van der Waals surface area contributed by atoms with E-state index < -0.39 is 17.4 Å². The maximum Gasteiger partial charge on any atom is 0.329 e. The largest absolute Gasteiger partial charge is 0.392 e. The predicted molar refractivity (Wildman–Crippen MR) is 56.9 cm³/mol. The first-order chi connectivity index (χ1) is 6.93. The average Bonchev–Trinajstić information content (AvgIpc) is 2.14. The van der Waals surface area contributed by atoms with Crippen molar-refractivity contribution in [1.82, 2.24) is 9.55 Å². The number of aromatic amines is 1. The Labute approximate surface area is 85.5 Å². The van der Waals surface area contributed by atoms with E-state index in [1.54, 1.807) is 6.92 Å². The Balaban J connectivity index is 3.13. The highest BCUT2D eigenvalue weighted by Gasteiger charge is 2.09. The highest BCUT2D eigenvalue weighted by molar-refractivity contribution is 5.60. The Hall–Kier alpha value is -1.76. The summed E-state index contributed by atoms with van der Waals surface area (Å²) in [4.78, 5) is 24.5. The van der Waals surface area contributed by atoms with Gasteiger partial charge >= 0.3 is 5.69 Å². The third kappa shape index (κ3) is 2.38. The van der Waals surface area contributed by atoms with Crippen molar-refractivity contribution in [2.45, 2.75) is 13.0 Å². The second-order valence-electron chi connectivity index (χ2n) is 3.31. The zero-order valence-electron chi connectivity index (χ0n) is 8.57. The molecule has 0 saturated carbocycles. The molecule has 1 rings (SSSR count). The molecule has 0 spiro atoms. The molecule has 1 aromatic rings. The van der Waals surface area contributed by atoms with Gasteiger partial charge in [-0.15, -0.1) is 0 Å². The summed E-state index contributed by atoms with van der Waals surface area (Å²) in [6.07, 6.45) is -0.610. The van der Waals surface area contributed by atoms with Crippen molar-refractivity contribution in [2.75, 3.05) is 17.6 Å². The minimum atomic E-state index is -0.610. The van der Waals surface area contributed by atoms with Crippen LogP contribution in [0.4, 0.5) is 11.5 Å². The van der Waals surface area contributed by atoms with Gasteiger partial charge in [0.2, 0.25) is 0 Å². The molecule has 0 aliphatic heterocycles. The van der Waals surface area contributed by atoms with Crippen LogP contribution in [-0.4, -0.2) is 27.3 Å². The van der Waals surface area contributed by atoms with Gasteiger partial charge < -0.3 is 16.2 Å². The van der Waals surface area contributed by atoms with Crippen molar-refractivity contribution >= 4 is 11.5 Å². The number of hydrogen-bond donors (Lipinski definition) is 4. The quantitative estimate of drug-likeness (QED) is 0.486. The highest BCUT2D eigenvalue weighted by Crippen LogP contribution is 2.07. The van der Waals surface area contributed by atoms with Crippen LogP contribution in [0.2, 0.25) is 0 Å². The number of nitrogens with one attached hydrogen (secondary N) is 2. The third-order valence-electron chi connectivity index (χ3n) is 1.94. The monoisotopic (exact) mass is 214 g/mol. The fraction of sp³-hybridized carbons (Fsp3) is 0.500. The van der Waals surface area contributed by atoms with E-state index >= 15 is 0 Å². The first-order valence-electron chi connectivity index (χ1n) is 4.44. The molecule has 0 saturated heterocycles. The van der Waals surface area contributed by atoms with Gasteiger partial charge in [0, 0.05) is 13.6 Å². The van der Waals surface area contributed by atoms with Crippen LogP contribution in [-0.2, 0) is 7.05 Å². The van der Waals surface area contributed by atoms with Crippen molar-refractivity contribution in [3.8, 4) is 0 Å². The molecule has 84 valence electrons. The van der Waals surface area contributed by atoms with Gasteiger partial charge in [-0.05, 0) is 6.92 Å². The Kier molecular flexibility index (Phi) is 3.15. The van der Waals surface area contributed by atoms with Crippen LogP contribution in [0.15, 0.2) is 9.59 Å². The van der Waals surface area contributed by atoms with Gasteiger partial charge in [0.05, 0.1) is 6.10 Å².